The summed E-state index contributed by atoms with van der Waals surface area (Å²) in [5.41, 5.74) is -0.604. The smallest absolute Gasteiger partial charge is 0.416 e. The highest BCUT2D eigenvalue weighted by atomic mass is 19.4. The van der Waals surface area contributed by atoms with Gasteiger partial charge in [-0.15, -0.1) is 0 Å². The SMILES string of the molecule is CC(C)[C@H](NC(=O)c1ccco1)C(=O)Nc1ccc(C(F)(F)F)cc1. The lowest BCUT2D eigenvalue weighted by molar-refractivity contribution is -0.137. The predicted molar refractivity (Wildman–Crippen MR) is 84.9 cm³/mol. The number of benzene rings is 1. The molecule has 1 aromatic carbocycles. The van der Waals surface area contributed by atoms with E-state index in [-0.39, 0.29) is 17.4 Å². The molecule has 1 heterocycles. The van der Waals surface area contributed by atoms with Gasteiger partial charge in [0.05, 0.1) is 11.8 Å². The van der Waals surface area contributed by atoms with Crippen molar-refractivity contribution < 1.29 is 27.2 Å². The molecule has 2 rings (SSSR count). The van der Waals surface area contributed by atoms with Crippen LogP contribution in [0.5, 0.6) is 0 Å². The van der Waals surface area contributed by atoms with Gasteiger partial charge in [-0.25, -0.2) is 0 Å². The molecule has 8 heteroatoms. The Labute approximate surface area is 142 Å². The van der Waals surface area contributed by atoms with Gasteiger partial charge in [0, 0.05) is 5.69 Å². The Bertz CT molecular complexity index is 723. The zero-order valence-electron chi connectivity index (χ0n) is 13.6. The van der Waals surface area contributed by atoms with Crippen molar-refractivity contribution in [3.05, 3.63) is 54.0 Å². The number of furan rings is 1. The second-order valence-corrected chi connectivity index (χ2v) is 5.74. The third kappa shape index (κ3) is 4.85. The highest BCUT2D eigenvalue weighted by molar-refractivity contribution is 6.00. The summed E-state index contributed by atoms with van der Waals surface area (Å²) in [6, 6.07) is 6.20. The third-order valence-corrected chi connectivity index (χ3v) is 3.46. The van der Waals surface area contributed by atoms with Crippen LogP contribution in [0.1, 0.15) is 30.0 Å². The minimum atomic E-state index is -4.44. The molecule has 2 aromatic rings. The summed E-state index contributed by atoms with van der Waals surface area (Å²) in [5.74, 6) is -1.26. The number of carbonyl (C=O) groups is 2. The summed E-state index contributed by atoms with van der Waals surface area (Å²) in [4.78, 5) is 24.4. The molecular formula is C17H17F3N2O3. The maximum Gasteiger partial charge on any atom is 0.416 e. The van der Waals surface area contributed by atoms with Crippen molar-refractivity contribution >= 4 is 17.5 Å². The number of hydrogen-bond acceptors (Lipinski definition) is 3. The summed E-state index contributed by atoms with van der Waals surface area (Å²) in [6.45, 7) is 3.47. The Balaban J connectivity index is 2.06. The quantitative estimate of drug-likeness (QED) is 0.860. The summed E-state index contributed by atoms with van der Waals surface area (Å²) in [6.07, 6.45) is -3.11. The normalized spacial score (nSPS) is 12.7. The van der Waals surface area contributed by atoms with Crippen molar-refractivity contribution in [1.29, 1.82) is 0 Å². The zero-order chi connectivity index (χ0) is 18.6. The molecule has 0 aliphatic carbocycles. The van der Waals surface area contributed by atoms with Crippen molar-refractivity contribution in [2.45, 2.75) is 26.1 Å². The first-order chi connectivity index (χ1) is 11.7. The monoisotopic (exact) mass is 354 g/mol. The Hall–Kier alpha value is -2.77. The summed E-state index contributed by atoms with van der Waals surface area (Å²) >= 11 is 0. The lowest BCUT2D eigenvalue weighted by Gasteiger charge is -2.21. The van der Waals surface area contributed by atoms with Crippen LogP contribution in [0.15, 0.2) is 47.1 Å². The minimum Gasteiger partial charge on any atom is -0.459 e. The van der Waals surface area contributed by atoms with E-state index >= 15 is 0 Å². The van der Waals surface area contributed by atoms with Crippen LogP contribution in [0.4, 0.5) is 18.9 Å². The van der Waals surface area contributed by atoms with Crippen molar-refractivity contribution in [2.24, 2.45) is 5.92 Å². The van der Waals surface area contributed by atoms with Gasteiger partial charge in [0.15, 0.2) is 5.76 Å². The lowest BCUT2D eigenvalue weighted by atomic mass is 10.0. The average molecular weight is 354 g/mol. The maximum absolute atomic E-state index is 12.6. The number of rotatable bonds is 5. The fourth-order valence-corrected chi connectivity index (χ4v) is 2.12. The summed E-state index contributed by atoms with van der Waals surface area (Å²) < 4.78 is 42.6. The first kappa shape index (κ1) is 18.6. The van der Waals surface area contributed by atoms with Gasteiger partial charge in [-0.05, 0) is 42.3 Å². The Kier molecular flexibility index (Phi) is 5.51. The van der Waals surface area contributed by atoms with Crippen LogP contribution in [-0.2, 0) is 11.0 Å². The van der Waals surface area contributed by atoms with E-state index in [9.17, 15) is 22.8 Å². The van der Waals surface area contributed by atoms with E-state index in [0.717, 1.165) is 24.3 Å². The third-order valence-electron chi connectivity index (χ3n) is 3.46. The largest absolute Gasteiger partial charge is 0.459 e. The Morgan fingerprint density at radius 3 is 2.20 bits per heavy atom. The van der Waals surface area contributed by atoms with Crippen LogP contribution in [-0.4, -0.2) is 17.9 Å². The van der Waals surface area contributed by atoms with Crippen LogP contribution in [0.3, 0.4) is 0 Å². The van der Waals surface area contributed by atoms with Gasteiger partial charge in [-0.2, -0.15) is 13.2 Å². The molecule has 0 unspecified atom stereocenters. The molecule has 0 bridgehead atoms. The van der Waals surface area contributed by atoms with Gasteiger partial charge < -0.3 is 15.1 Å². The second-order valence-electron chi connectivity index (χ2n) is 5.74. The molecule has 2 N–H and O–H groups in total. The molecule has 0 aliphatic rings. The number of hydrogen-bond donors (Lipinski definition) is 2. The number of amides is 2. The van der Waals surface area contributed by atoms with Gasteiger partial charge in [-0.3, -0.25) is 9.59 Å². The second kappa shape index (κ2) is 7.42. The van der Waals surface area contributed by atoms with Crippen LogP contribution in [0.25, 0.3) is 0 Å². The molecule has 2 amide bonds. The zero-order valence-corrected chi connectivity index (χ0v) is 13.6. The molecule has 0 saturated heterocycles. The van der Waals surface area contributed by atoms with E-state index in [1.165, 1.54) is 12.3 Å². The molecule has 134 valence electrons. The first-order valence-electron chi connectivity index (χ1n) is 7.51. The van der Waals surface area contributed by atoms with Crippen molar-refractivity contribution in [3.8, 4) is 0 Å². The van der Waals surface area contributed by atoms with Gasteiger partial charge >= 0.3 is 6.18 Å². The molecule has 0 radical (unpaired) electrons. The van der Waals surface area contributed by atoms with Gasteiger partial charge in [0.2, 0.25) is 5.91 Å². The van der Waals surface area contributed by atoms with Gasteiger partial charge in [-0.1, -0.05) is 13.8 Å². The van der Waals surface area contributed by atoms with Crippen molar-refractivity contribution in [3.63, 3.8) is 0 Å². The van der Waals surface area contributed by atoms with E-state index in [1.807, 2.05) is 0 Å². The standard InChI is InChI=1S/C17H17F3N2O3/c1-10(2)14(22-15(23)13-4-3-9-25-13)16(24)21-12-7-5-11(6-8-12)17(18,19)20/h3-10,14H,1-2H3,(H,21,24)(H,22,23)/t14-/m0/s1. The summed E-state index contributed by atoms with van der Waals surface area (Å²) in [7, 11) is 0. The van der Waals surface area contributed by atoms with E-state index < -0.39 is 29.6 Å². The molecule has 0 saturated carbocycles. The number of alkyl halides is 3. The highest BCUT2D eigenvalue weighted by Crippen LogP contribution is 2.29. The van der Waals surface area contributed by atoms with Crippen molar-refractivity contribution in [2.75, 3.05) is 5.32 Å². The fourth-order valence-electron chi connectivity index (χ4n) is 2.12. The van der Waals surface area contributed by atoms with Crippen LogP contribution >= 0.6 is 0 Å². The molecule has 25 heavy (non-hydrogen) atoms. The van der Waals surface area contributed by atoms with Crippen LogP contribution < -0.4 is 10.6 Å². The van der Waals surface area contributed by atoms with Crippen molar-refractivity contribution in [1.82, 2.24) is 5.32 Å². The van der Waals surface area contributed by atoms with Crippen LogP contribution in [0.2, 0.25) is 0 Å². The highest BCUT2D eigenvalue weighted by Gasteiger charge is 2.30. The number of halogens is 3. The molecule has 1 aromatic heterocycles. The Morgan fingerprint density at radius 1 is 1.08 bits per heavy atom. The van der Waals surface area contributed by atoms with E-state index in [4.69, 9.17) is 4.42 Å². The molecule has 1 atom stereocenters. The van der Waals surface area contributed by atoms with E-state index in [2.05, 4.69) is 10.6 Å². The maximum atomic E-state index is 12.6. The summed E-state index contributed by atoms with van der Waals surface area (Å²) in [5, 5.41) is 5.05. The van der Waals surface area contributed by atoms with Gasteiger partial charge in [0.1, 0.15) is 6.04 Å². The van der Waals surface area contributed by atoms with Crippen LogP contribution in [0, 0.1) is 5.92 Å². The average Bonchev–Trinajstić information content (AvgIpc) is 3.06. The topological polar surface area (TPSA) is 71.3 Å². The fraction of sp³-hybridized carbons (Fsp3) is 0.294. The minimum absolute atomic E-state index is 0.0629. The van der Waals surface area contributed by atoms with Gasteiger partial charge in [0.25, 0.3) is 5.91 Å². The number of carbonyl (C=O) groups excluding carboxylic acids is 2. The molecule has 0 fully saturated rings. The lowest BCUT2D eigenvalue weighted by Crippen LogP contribution is -2.47. The predicted octanol–water partition coefficient (Wildman–Crippen LogP) is 3.69. The van der Waals surface area contributed by atoms with E-state index in [1.54, 1.807) is 19.9 Å². The Morgan fingerprint density at radius 2 is 1.72 bits per heavy atom. The molecule has 0 aliphatic heterocycles. The first-order valence-corrected chi connectivity index (χ1v) is 7.51. The van der Waals surface area contributed by atoms with E-state index in [0.29, 0.717) is 0 Å². The number of anilines is 1. The molecule has 5 nitrogen and oxygen atoms in total. The number of nitrogens with one attached hydrogen (secondary N) is 2. The molecular weight excluding hydrogens is 337 g/mol. The molecule has 0 spiro atoms.